The summed E-state index contributed by atoms with van der Waals surface area (Å²) in [5.41, 5.74) is 5.38. The Morgan fingerprint density at radius 3 is 2.75 bits per heavy atom. The van der Waals surface area contributed by atoms with E-state index in [4.69, 9.17) is 4.98 Å². The molecule has 2 heterocycles. The zero-order chi connectivity index (χ0) is 11.1. The largest absolute Gasteiger partial charge is 0.370 e. The summed E-state index contributed by atoms with van der Waals surface area (Å²) < 4.78 is 0. The second-order valence-electron chi connectivity index (χ2n) is 5.06. The summed E-state index contributed by atoms with van der Waals surface area (Å²) >= 11 is 0. The zero-order valence-corrected chi connectivity index (χ0v) is 10.1. The summed E-state index contributed by atoms with van der Waals surface area (Å²) in [5, 5.41) is 6.94. The molecule has 1 aliphatic heterocycles. The van der Waals surface area contributed by atoms with Crippen molar-refractivity contribution in [3.8, 4) is 0 Å². The predicted molar refractivity (Wildman–Crippen MR) is 65.5 cm³/mol. The number of anilines is 1. The fourth-order valence-electron chi connectivity index (χ4n) is 2.36. The van der Waals surface area contributed by atoms with Crippen LogP contribution in [0.4, 0.5) is 5.82 Å². The van der Waals surface area contributed by atoms with Crippen molar-refractivity contribution in [1.29, 1.82) is 0 Å². The lowest BCUT2D eigenvalue weighted by molar-refractivity contribution is 0.762. The van der Waals surface area contributed by atoms with Crippen molar-refractivity contribution < 1.29 is 0 Å². The number of hydrogen-bond donors (Lipinski definition) is 2. The maximum absolute atomic E-state index is 4.69. The molecule has 16 heavy (non-hydrogen) atoms. The fraction of sp³-hybridized carbons (Fsp3) is 0.615. The molecule has 1 saturated carbocycles. The third-order valence-electron chi connectivity index (χ3n) is 3.78. The van der Waals surface area contributed by atoms with E-state index in [1.165, 1.54) is 35.2 Å². The van der Waals surface area contributed by atoms with Gasteiger partial charge in [0.25, 0.3) is 0 Å². The summed E-state index contributed by atoms with van der Waals surface area (Å²) in [5.74, 6) is 2.02. The van der Waals surface area contributed by atoms with Crippen LogP contribution < -0.4 is 10.6 Å². The molecular weight excluding hydrogens is 198 g/mol. The second kappa shape index (κ2) is 3.74. The summed E-state index contributed by atoms with van der Waals surface area (Å²) in [7, 11) is 0. The average Bonchev–Trinajstić information content (AvgIpc) is 2.96. The van der Waals surface area contributed by atoms with Gasteiger partial charge in [0.1, 0.15) is 5.82 Å². The van der Waals surface area contributed by atoms with Crippen LogP contribution in [-0.2, 0) is 13.1 Å². The van der Waals surface area contributed by atoms with Crippen molar-refractivity contribution in [2.75, 3.05) is 11.9 Å². The Bertz CT molecular complexity index is 422. The number of rotatable bonds is 3. The standard InChI is InChI=1S/C13H19N3/c1-8-9(2)16-13(15-5-10-3-4-10)12-7-14-6-11(8)12/h10,14H,3-7H2,1-2H3,(H,15,16). The topological polar surface area (TPSA) is 37.0 Å². The maximum Gasteiger partial charge on any atom is 0.131 e. The molecule has 0 unspecified atom stereocenters. The molecule has 2 N–H and O–H groups in total. The van der Waals surface area contributed by atoms with Crippen LogP contribution in [0, 0.1) is 19.8 Å². The number of pyridine rings is 1. The number of fused-ring (bicyclic) bond motifs is 1. The Hall–Kier alpha value is -1.09. The Morgan fingerprint density at radius 1 is 1.25 bits per heavy atom. The van der Waals surface area contributed by atoms with Crippen molar-refractivity contribution in [1.82, 2.24) is 10.3 Å². The Labute approximate surface area is 96.7 Å². The Morgan fingerprint density at radius 2 is 2.00 bits per heavy atom. The van der Waals surface area contributed by atoms with Crippen molar-refractivity contribution >= 4 is 5.82 Å². The molecule has 3 nitrogen and oxygen atoms in total. The molecule has 0 spiro atoms. The van der Waals surface area contributed by atoms with Crippen molar-refractivity contribution in [3.63, 3.8) is 0 Å². The van der Waals surface area contributed by atoms with Gasteiger partial charge in [-0.25, -0.2) is 4.98 Å². The molecule has 1 fully saturated rings. The highest BCUT2D eigenvalue weighted by Crippen LogP contribution is 2.31. The molecule has 0 atom stereocenters. The second-order valence-corrected chi connectivity index (χ2v) is 5.06. The highest BCUT2D eigenvalue weighted by atomic mass is 15.0. The molecule has 1 aromatic heterocycles. The van der Waals surface area contributed by atoms with E-state index >= 15 is 0 Å². The number of aryl methyl sites for hydroxylation is 1. The first-order chi connectivity index (χ1) is 7.75. The molecule has 0 aromatic carbocycles. The minimum Gasteiger partial charge on any atom is -0.370 e. The number of nitrogens with zero attached hydrogens (tertiary/aromatic N) is 1. The van der Waals surface area contributed by atoms with Crippen LogP contribution in [0.3, 0.4) is 0 Å². The molecular formula is C13H19N3. The number of nitrogens with one attached hydrogen (secondary N) is 2. The monoisotopic (exact) mass is 217 g/mol. The van der Waals surface area contributed by atoms with Crippen LogP contribution in [0.5, 0.6) is 0 Å². The highest BCUT2D eigenvalue weighted by molar-refractivity contribution is 5.54. The van der Waals surface area contributed by atoms with Crippen molar-refractivity contribution in [2.24, 2.45) is 5.92 Å². The van der Waals surface area contributed by atoms with Gasteiger partial charge >= 0.3 is 0 Å². The van der Waals surface area contributed by atoms with Gasteiger partial charge in [-0.1, -0.05) is 0 Å². The smallest absolute Gasteiger partial charge is 0.131 e. The van der Waals surface area contributed by atoms with E-state index in [0.29, 0.717) is 0 Å². The molecule has 0 amide bonds. The summed E-state index contributed by atoms with van der Waals surface area (Å²) in [6, 6.07) is 0. The SMILES string of the molecule is Cc1nc(NCC2CC2)c2c(c1C)CNC2. The minimum atomic E-state index is 0.897. The third kappa shape index (κ3) is 1.69. The van der Waals surface area contributed by atoms with Crippen LogP contribution in [0.2, 0.25) is 0 Å². The van der Waals surface area contributed by atoms with Gasteiger partial charge in [-0.15, -0.1) is 0 Å². The lowest BCUT2D eigenvalue weighted by Gasteiger charge is -2.13. The predicted octanol–water partition coefficient (Wildman–Crippen LogP) is 2.12. The molecule has 0 saturated heterocycles. The molecule has 3 heteroatoms. The molecule has 1 aromatic rings. The van der Waals surface area contributed by atoms with Crippen LogP contribution in [-0.4, -0.2) is 11.5 Å². The molecule has 0 bridgehead atoms. The van der Waals surface area contributed by atoms with Gasteiger partial charge in [0, 0.05) is 30.9 Å². The van der Waals surface area contributed by atoms with Gasteiger partial charge in [-0.3, -0.25) is 0 Å². The lowest BCUT2D eigenvalue weighted by Crippen LogP contribution is -2.10. The van der Waals surface area contributed by atoms with Gasteiger partial charge < -0.3 is 10.6 Å². The van der Waals surface area contributed by atoms with E-state index < -0.39 is 0 Å². The summed E-state index contributed by atoms with van der Waals surface area (Å²) in [4.78, 5) is 4.69. The van der Waals surface area contributed by atoms with Crippen LogP contribution in [0.15, 0.2) is 0 Å². The van der Waals surface area contributed by atoms with Crippen LogP contribution in [0.1, 0.15) is 35.2 Å². The maximum atomic E-state index is 4.69. The zero-order valence-electron chi connectivity index (χ0n) is 10.1. The summed E-state index contributed by atoms with van der Waals surface area (Å²) in [6.07, 6.45) is 2.77. The minimum absolute atomic E-state index is 0.897. The highest BCUT2D eigenvalue weighted by Gasteiger charge is 2.23. The van der Waals surface area contributed by atoms with E-state index in [1.54, 1.807) is 0 Å². The lowest BCUT2D eigenvalue weighted by atomic mass is 10.0. The van der Waals surface area contributed by atoms with E-state index in [0.717, 1.165) is 31.4 Å². The Kier molecular flexibility index (Phi) is 2.36. The van der Waals surface area contributed by atoms with Gasteiger partial charge in [-0.05, 0) is 43.7 Å². The first-order valence-corrected chi connectivity index (χ1v) is 6.19. The van der Waals surface area contributed by atoms with Gasteiger partial charge in [0.2, 0.25) is 0 Å². The van der Waals surface area contributed by atoms with Gasteiger partial charge in [0.15, 0.2) is 0 Å². The molecule has 0 radical (unpaired) electrons. The van der Waals surface area contributed by atoms with Crippen LogP contribution in [0.25, 0.3) is 0 Å². The van der Waals surface area contributed by atoms with Crippen molar-refractivity contribution in [3.05, 3.63) is 22.4 Å². The van der Waals surface area contributed by atoms with Gasteiger partial charge in [-0.2, -0.15) is 0 Å². The molecule has 2 aliphatic rings. The van der Waals surface area contributed by atoms with E-state index in [9.17, 15) is 0 Å². The molecule has 3 rings (SSSR count). The normalized spacial score (nSPS) is 18.6. The molecule has 86 valence electrons. The third-order valence-corrected chi connectivity index (χ3v) is 3.78. The van der Waals surface area contributed by atoms with Gasteiger partial charge in [0.05, 0.1) is 0 Å². The number of aromatic nitrogens is 1. The van der Waals surface area contributed by atoms with E-state index in [-0.39, 0.29) is 0 Å². The molecule has 1 aliphatic carbocycles. The van der Waals surface area contributed by atoms with Crippen molar-refractivity contribution in [2.45, 2.75) is 39.8 Å². The average molecular weight is 217 g/mol. The number of hydrogen-bond acceptors (Lipinski definition) is 3. The van der Waals surface area contributed by atoms with Crippen LogP contribution >= 0.6 is 0 Å². The van der Waals surface area contributed by atoms with E-state index in [1.807, 2.05) is 0 Å². The summed E-state index contributed by atoms with van der Waals surface area (Å²) in [6.45, 7) is 7.36. The first kappa shape index (κ1) is 10.1. The quantitative estimate of drug-likeness (QED) is 0.814. The fourth-order valence-corrected chi connectivity index (χ4v) is 2.36. The van der Waals surface area contributed by atoms with E-state index in [2.05, 4.69) is 24.5 Å². The first-order valence-electron chi connectivity index (χ1n) is 6.19. The Balaban J connectivity index is 1.90.